The highest BCUT2D eigenvalue weighted by Gasteiger charge is 2.32. The zero-order chi connectivity index (χ0) is 22.2. The van der Waals surface area contributed by atoms with Crippen molar-refractivity contribution in [2.45, 2.75) is 39.8 Å². The van der Waals surface area contributed by atoms with Crippen molar-refractivity contribution >= 4 is 61.8 Å². The highest BCUT2D eigenvalue weighted by atomic mass is 35.5. The first-order valence-electron chi connectivity index (χ1n) is 9.04. The van der Waals surface area contributed by atoms with Crippen molar-refractivity contribution < 1.29 is 17.6 Å². The van der Waals surface area contributed by atoms with E-state index in [1.165, 1.54) is 18.5 Å². The molecule has 1 aliphatic rings. The smallest absolute Gasteiger partial charge is 0.273 e. The van der Waals surface area contributed by atoms with Crippen molar-refractivity contribution in [2.75, 3.05) is 9.52 Å². The average Bonchev–Trinajstić information content (AvgIpc) is 3.01. The van der Waals surface area contributed by atoms with Crippen LogP contribution in [0.5, 0.6) is 0 Å². The van der Waals surface area contributed by atoms with Gasteiger partial charge in [-0.25, -0.2) is 26.8 Å². The third kappa shape index (κ3) is 4.34. The molecular weight excluding hydrogens is 478 g/mol. The van der Waals surface area contributed by atoms with Gasteiger partial charge in [0.15, 0.2) is 5.82 Å². The van der Waals surface area contributed by atoms with Gasteiger partial charge in [0.25, 0.3) is 10.0 Å². The lowest BCUT2D eigenvalue weighted by molar-refractivity contribution is -0.120. The van der Waals surface area contributed by atoms with Crippen molar-refractivity contribution in [3.05, 3.63) is 37.4 Å². The maximum absolute atomic E-state index is 14.6. The summed E-state index contributed by atoms with van der Waals surface area (Å²) in [7, 11) is -4.25. The number of fused-ring (bicyclic) bond motifs is 1. The SMILES string of the molecule is CC(C)C(=O)N(c1cc(N=c2sc(=O)n3n2CCCC3)c(F)cc1Cl)S(=O)(=O)CCl. The van der Waals surface area contributed by atoms with Crippen molar-refractivity contribution in [1.82, 2.24) is 9.36 Å². The minimum atomic E-state index is -4.25. The Labute approximate surface area is 186 Å². The fourth-order valence-corrected chi connectivity index (χ4v) is 5.48. The van der Waals surface area contributed by atoms with Gasteiger partial charge in [0.2, 0.25) is 10.7 Å². The second kappa shape index (κ2) is 8.81. The second-order valence-electron chi connectivity index (χ2n) is 6.95. The standard InChI is InChI=1S/C17H19Cl2FN4O4S2/c1-10(2)15(25)24(30(27,28)9-18)14-8-13(12(20)7-11(14)19)21-16-22-5-3-4-6-23(22)17(26)29-16/h7-8,10H,3-6,9H2,1-2H3. The molecule has 0 aliphatic carbocycles. The van der Waals surface area contributed by atoms with Gasteiger partial charge in [0, 0.05) is 19.0 Å². The Morgan fingerprint density at radius 2 is 1.93 bits per heavy atom. The van der Waals surface area contributed by atoms with E-state index in [2.05, 4.69) is 4.99 Å². The number of sulfonamides is 1. The Morgan fingerprint density at radius 3 is 2.53 bits per heavy atom. The fourth-order valence-electron chi connectivity index (χ4n) is 2.98. The number of halogens is 3. The van der Waals surface area contributed by atoms with Crippen molar-refractivity contribution in [3.63, 3.8) is 0 Å². The van der Waals surface area contributed by atoms with Gasteiger partial charge in [0.1, 0.15) is 10.9 Å². The monoisotopic (exact) mass is 496 g/mol. The molecule has 1 aliphatic heterocycles. The molecule has 0 spiro atoms. The number of anilines is 1. The fraction of sp³-hybridized carbons (Fsp3) is 0.471. The van der Waals surface area contributed by atoms with E-state index in [9.17, 15) is 22.4 Å². The molecule has 2 aromatic rings. The summed E-state index contributed by atoms with van der Waals surface area (Å²) in [5.74, 6) is -2.28. The lowest BCUT2D eigenvalue weighted by atomic mass is 10.2. The highest BCUT2D eigenvalue weighted by molar-refractivity contribution is 7.94. The summed E-state index contributed by atoms with van der Waals surface area (Å²) in [6, 6.07) is 1.96. The summed E-state index contributed by atoms with van der Waals surface area (Å²) in [6.45, 7) is 4.13. The molecule has 0 atom stereocenters. The Bertz CT molecular complexity index is 1220. The molecule has 8 nitrogen and oxygen atoms in total. The van der Waals surface area contributed by atoms with E-state index >= 15 is 0 Å². The number of rotatable bonds is 5. The number of nitrogens with zero attached hydrogens (tertiary/aromatic N) is 4. The minimum Gasteiger partial charge on any atom is -0.273 e. The van der Waals surface area contributed by atoms with Crippen LogP contribution >= 0.6 is 34.5 Å². The van der Waals surface area contributed by atoms with E-state index in [0.29, 0.717) is 17.4 Å². The number of carbonyl (C=O) groups excluding carboxylic acids is 1. The van der Waals surface area contributed by atoms with Crippen molar-refractivity contribution in [1.29, 1.82) is 0 Å². The van der Waals surface area contributed by atoms with E-state index in [1.807, 2.05) is 0 Å². The largest absolute Gasteiger partial charge is 0.325 e. The van der Waals surface area contributed by atoms with Crippen molar-refractivity contribution in [3.8, 4) is 0 Å². The first kappa shape index (κ1) is 23.0. The van der Waals surface area contributed by atoms with E-state index in [1.54, 1.807) is 4.68 Å². The normalized spacial score (nSPS) is 14.8. The lowest BCUT2D eigenvalue weighted by Gasteiger charge is -2.24. The number of benzene rings is 1. The van der Waals surface area contributed by atoms with Gasteiger partial charge in [-0.05, 0) is 36.3 Å². The van der Waals surface area contributed by atoms with E-state index in [-0.39, 0.29) is 26.1 Å². The molecule has 164 valence electrons. The molecule has 3 rings (SSSR count). The quantitative estimate of drug-likeness (QED) is 0.594. The summed E-state index contributed by atoms with van der Waals surface area (Å²) in [6.07, 6.45) is 1.71. The maximum Gasteiger partial charge on any atom is 0.325 e. The van der Waals surface area contributed by atoms with Crippen LogP contribution < -0.4 is 14.0 Å². The molecule has 0 saturated carbocycles. The van der Waals surface area contributed by atoms with Gasteiger partial charge < -0.3 is 0 Å². The van der Waals surface area contributed by atoms with Crippen LogP contribution in [0, 0.1) is 11.7 Å². The van der Waals surface area contributed by atoms with Crippen LogP contribution in [0.15, 0.2) is 21.9 Å². The van der Waals surface area contributed by atoms with E-state index < -0.39 is 32.9 Å². The molecule has 1 amide bonds. The molecule has 0 N–H and O–H groups in total. The molecule has 0 saturated heterocycles. The number of amides is 1. The molecule has 1 aromatic heterocycles. The molecule has 0 bridgehead atoms. The third-order valence-corrected chi connectivity index (χ3v) is 7.66. The summed E-state index contributed by atoms with van der Waals surface area (Å²) < 4.78 is 43.3. The highest BCUT2D eigenvalue weighted by Crippen LogP contribution is 2.35. The topological polar surface area (TPSA) is 93.7 Å². The molecule has 13 heteroatoms. The summed E-state index contributed by atoms with van der Waals surface area (Å²) in [5.41, 5.74) is -0.495. The van der Waals surface area contributed by atoms with Crippen LogP contribution in [0.4, 0.5) is 15.8 Å². The molecule has 0 unspecified atom stereocenters. The van der Waals surface area contributed by atoms with Gasteiger partial charge >= 0.3 is 4.87 Å². The van der Waals surface area contributed by atoms with Gasteiger partial charge in [-0.15, -0.1) is 11.6 Å². The molecule has 0 radical (unpaired) electrons. The Morgan fingerprint density at radius 1 is 1.30 bits per heavy atom. The first-order chi connectivity index (χ1) is 14.1. The van der Waals surface area contributed by atoms with Gasteiger partial charge in [-0.2, -0.15) is 0 Å². The second-order valence-corrected chi connectivity index (χ2v) is 10.7. The van der Waals surface area contributed by atoms with Gasteiger partial charge in [-0.1, -0.05) is 25.4 Å². The molecule has 0 fully saturated rings. The summed E-state index contributed by atoms with van der Waals surface area (Å²) in [5, 5.41) is -1.15. The van der Waals surface area contributed by atoms with Crippen LogP contribution in [-0.4, -0.2) is 28.9 Å². The summed E-state index contributed by atoms with van der Waals surface area (Å²) in [4.78, 5) is 29.1. The van der Waals surface area contributed by atoms with Gasteiger partial charge in [0.05, 0.1) is 10.7 Å². The number of hydrogen-bond donors (Lipinski definition) is 0. The number of carbonyl (C=O) groups is 1. The zero-order valence-electron chi connectivity index (χ0n) is 16.1. The Hall–Kier alpha value is -1.69. The van der Waals surface area contributed by atoms with Crippen LogP contribution in [0.25, 0.3) is 0 Å². The van der Waals surface area contributed by atoms with E-state index in [4.69, 9.17) is 23.2 Å². The Balaban J connectivity index is 2.22. The van der Waals surface area contributed by atoms with Crippen LogP contribution in [-0.2, 0) is 27.9 Å². The maximum atomic E-state index is 14.6. The molecule has 1 aromatic carbocycles. The van der Waals surface area contributed by atoms with Gasteiger partial charge in [-0.3, -0.25) is 14.3 Å². The number of aromatic nitrogens is 2. The molecular formula is C17H19Cl2FN4O4S2. The predicted octanol–water partition coefficient (Wildman–Crippen LogP) is 3.05. The van der Waals surface area contributed by atoms with Crippen LogP contribution in [0.3, 0.4) is 0 Å². The summed E-state index contributed by atoms with van der Waals surface area (Å²) >= 11 is 12.5. The van der Waals surface area contributed by atoms with Crippen LogP contribution in [0.2, 0.25) is 5.02 Å². The Kier molecular flexibility index (Phi) is 6.75. The molecule has 30 heavy (non-hydrogen) atoms. The zero-order valence-corrected chi connectivity index (χ0v) is 19.3. The number of alkyl halides is 1. The number of hydrogen-bond acceptors (Lipinski definition) is 6. The third-order valence-electron chi connectivity index (χ3n) is 4.45. The van der Waals surface area contributed by atoms with Crippen molar-refractivity contribution in [2.24, 2.45) is 10.9 Å². The van der Waals surface area contributed by atoms with E-state index in [0.717, 1.165) is 36.3 Å². The first-order valence-corrected chi connectivity index (χ1v) is 12.4. The minimum absolute atomic E-state index is 0.218. The lowest BCUT2D eigenvalue weighted by Crippen LogP contribution is -2.40. The predicted molar refractivity (Wildman–Crippen MR) is 114 cm³/mol. The van der Waals surface area contributed by atoms with Crippen LogP contribution in [0.1, 0.15) is 26.7 Å². The average molecular weight is 497 g/mol. The molecule has 2 heterocycles.